The van der Waals surface area contributed by atoms with Crippen molar-refractivity contribution in [2.75, 3.05) is 0 Å². The van der Waals surface area contributed by atoms with Gasteiger partial charge in [-0.15, -0.1) is 0 Å². The van der Waals surface area contributed by atoms with Gasteiger partial charge in [-0.05, 0) is 41.4 Å². The largest absolute Gasteiger partial charge is 0.0625 e. The molecule has 2 unspecified atom stereocenters. The Balaban J connectivity index is 3.03. The van der Waals surface area contributed by atoms with E-state index >= 15 is 0 Å². The van der Waals surface area contributed by atoms with E-state index in [0.717, 1.165) is 17.8 Å². The SMILES string of the molecule is CC1CC(C)C(C)(C)C(C)(C)C(C)C1. The lowest BCUT2D eigenvalue weighted by atomic mass is 9.57. The van der Waals surface area contributed by atoms with Gasteiger partial charge in [0.05, 0.1) is 0 Å². The third-order valence-electron chi connectivity index (χ3n) is 5.64. The minimum atomic E-state index is 0.469. The van der Waals surface area contributed by atoms with Crippen LogP contribution in [0, 0.1) is 28.6 Å². The molecule has 0 saturated heterocycles. The molecule has 1 saturated carbocycles. The monoisotopic (exact) mass is 196 g/mol. The zero-order valence-electron chi connectivity index (χ0n) is 11.1. The van der Waals surface area contributed by atoms with Gasteiger partial charge >= 0.3 is 0 Å². The molecule has 1 rings (SSSR count). The maximum absolute atomic E-state index is 2.46. The molecule has 0 N–H and O–H groups in total. The fourth-order valence-electron chi connectivity index (χ4n) is 3.16. The van der Waals surface area contributed by atoms with Crippen LogP contribution in [0.1, 0.15) is 61.3 Å². The highest BCUT2D eigenvalue weighted by Crippen LogP contribution is 2.54. The second-order valence-corrected chi connectivity index (χ2v) is 6.82. The summed E-state index contributed by atoms with van der Waals surface area (Å²) in [6.45, 7) is 17.2. The van der Waals surface area contributed by atoms with Crippen LogP contribution in [0.25, 0.3) is 0 Å². The van der Waals surface area contributed by atoms with Crippen molar-refractivity contribution < 1.29 is 0 Å². The van der Waals surface area contributed by atoms with Gasteiger partial charge in [0.1, 0.15) is 0 Å². The van der Waals surface area contributed by atoms with Crippen LogP contribution in [0.3, 0.4) is 0 Å². The van der Waals surface area contributed by atoms with Gasteiger partial charge < -0.3 is 0 Å². The summed E-state index contributed by atoms with van der Waals surface area (Å²) in [4.78, 5) is 0. The van der Waals surface area contributed by atoms with Crippen molar-refractivity contribution in [2.24, 2.45) is 28.6 Å². The van der Waals surface area contributed by atoms with Crippen LogP contribution in [0.5, 0.6) is 0 Å². The smallest absolute Gasteiger partial charge is 0.0275 e. The summed E-state index contributed by atoms with van der Waals surface area (Å²) in [5.41, 5.74) is 0.939. The third kappa shape index (κ3) is 1.73. The Bertz CT molecular complexity index is 178. The van der Waals surface area contributed by atoms with E-state index in [4.69, 9.17) is 0 Å². The molecule has 0 amide bonds. The zero-order chi connectivity index (χ0) is 11.1. The van der Waals surface area contributed by atoms with E-state index in [9.17, 15) is 0 Å². The molecule has 0 spiro atoms. The topological polar surface area (TPSA) is 0 Å². The molecule has 0 aliphatic heterocycles. The Morgan fingerprint density at radius 2 is 1.00 bits per heavy atom. The Kier molecular flexibility index (Phi) is 3.05. The first-order valence-electron chi connectivity index (χ1n) is 6.19. The van der Waals surface area contributed by atoms with Gasteiger partial charge in [0.2, 0.25) is 0 Å². The quantitative estimate of drug-likeness (QED) is 0.491. The van der Waals surface area contributed by atoms with Crippen molar-refractivity contribution in [3.63, 3.8) is 0 Å². The Morgan fingerprint density at radius 1 is 0.714 bits per heavy atom. The molecule has 84 valence electrons. The van der Waals surface area contributed by atoms with Gasteiger partial charge in [0, 0.05) is 0 Å². The first-order valence-corrected chi connectivity index (χ1v) is 6.19. The summed E-state index contributed by atoms with van der Waals surface area (Å²) < 4.78 is 0. The number of hydrogen-bond donors (Lipinski definition) is 0. The Hall–Kier alpha value is 0. The van der Waals surface area contributed by atoms with Crippen LogP contribution in [0.2, 0.25) is 0 Å². The second kappa shape index (κ2) is 3.54. The van der Waals surface area contributed by atoms with Crippen LogP contribution in [-0.2, 0) is 0 Å². The van der Waals surface area contributed by atoms with Gasteiger partial charge in [0.25, 0.3) is 0 Å². The van der Waals surface area contributed by atoms with Gasteiger partial charge in [-0.25, -0.2) is 0 Å². The van der Waals surface area contributed by atoms with Crippen LogP contribution < -0.4 is 0 Å². The van der Waals surface area contributed by atoms with Crippen LogP contribution in [0.4, 0.5) is 0 Å². The van der Waals surface area contributed by atoms with Crippen molar-refractivity contribution in [3.05, 3.63) is 0 Å². The van der Waals surface area contributed by atoms with Crippen molar-refractivity contribution in [3.8, 4) is 0 Å². The van der Waals surface area contributed by atoms with Crippen LogP contribution in [0.15, 0.2) is 0 Å². The third-order valence-corrected chi connectivity index (χ3v) is 5.64. The zero-order valence-corrected chi connectivity index (χ0v) is 11.1. The van der Waals surface area contributed by atoms with E-state index < -0.39 is 0 Å². The minimum Gasteiger partial charge on any atom is -0.0625 e. The normalized spacial score (nSPS) is 41.8. The first kappa shape index (κ1) is 12.1. The van der Waals surface area contributed by atoms with Gasteiger partial charge in [-0.3, -0.25) is 0 Å². The molecule has 0 heteroatoms. The molecule has 0 radical (unpaired) electrons. The summed E-state index contributed by atoms with van der Waals surface area (Å²) in [5, 5.41) is 0. The molecule has 0 aromatic rings. The molecule has 1 fully saturated rings. The van der Waals surface area contributed by atoms with Gasteiger partial charge in [-0.1, -0.05) is 48.5 Å². The Labute approximate surface area is 90.5 Å². The highest BCUT2D eigenvalue weighted by Gasteiger charge is 2.46. The maximum Gasteiger partial charge on any atom is -0.0275 e. The molecule has 2 atom stereocenters. The summed E-state index contributed by atoms with van der Waals surface area (Å²) in [6.07, 6.45) is 2.81. The molecular formula is C14H28. The first-order chi connectivity index (χ1) is 6.19. The molecule has 14 heavy (non-hydrogen) atoms. The van der Waals surface area contributed by atoms with E-state index in [-0.39, 0.29) is 0 Å². The molecule has 0 bridgehead atoms. The highest BCUT2D eigenvalue weighted by atomic mass is 14.5. The molecule has 0 heterocycles. The Morgan fingerprint density at radius 3 is 1.29 bits per heavy atom. The lowest BCUT2D eigenvalue weighted by Gasteiger charge is -2.47. The number of hydrogen-bond acceptors (Lipinski definition) is 0. The average Bonchev–Trinajstić information content (AvgIpc) is 2.05. The standard InChI is InChI=1S/C14H28/c1-10-8-11(2)13(4,5)14(6,7)12(3)9-10/h10-12H,8-9H2,1-7H3. The molecule has 0 nitrogen and oxygen atoms in total. The van der Waals surface area contributed by atoms with E-state index in [0.29, 0.717) is 10.8 Å². The van der Waals surface area contributed by atoms with E-state index in [2.05, 4.69) is 48.5 Å². The van der Waals surface area contributed by atoms with Crippen LogP contribution >= 0.6 is 0 Å². The van der Waals surface area contributed by atoms with Gasteiger partial charge in [0.15, 0.2) is 0 Å². The molecule has 0 aromatic carbocycles. The summed E-state index contributed by atoms with van der Waals surface area (Å²) in [5.74, 6) is 2.59. The maximum atomic E-state index is 2.46. The van der Waals surface area contributed by atoms with E-state index in [1.54, 1.807) is 0 Å². The lowest BCUT2D eigenvalue weighted by molar-refractivity contribution is 0.0135. The van der Waals surface area contributed by atoms with Gasteiger partial charge in [-0.2, -0.15) is 0 Å². The number of rotatable bonds is 0. The van der Waals surface area contributed by atoms with E-state index in [1.807, 2.05) is 0 Å². The molecular weight excluding hydrogens is 168 g/mol. The van der Waals surface area contributed by atoms with Crippen molar-refractivity contribution in [1.29, 1.82) is 0 Å². The molecule has 1 aliphatic rings. The van der Waals surface area contributed by atoms with Crippen molar-refractivity contribution >= 4 is 0 Å². The predicted molar refractivity (Wildman–Crippen MR) is 64.3 cm³/mol. The summed E-state index contributed by atoms with van der Waals surface area (Å²) in [6, 6.07) is 0. The minimum absolute atomic E-state index is 0.469. The average molecular weight is 196 g/mol. The molecule has 0 aromatic heterocycles. The van der Waals surface area contributed by atoms with Crippen molar-refractivity contribution in [2.45, 2.75) is 61.3 Å². The lowest BCUT2D eigenvalue weighted by Crippen LogP contribution is -2.40. The van der Waals surface area contributed by atoms with Crippen molar-refractivity contribution in [1.82, 2.24) is 0 Å². The fourth-order valence-corrected chi connectivity index (χ4v) is 3.16. The summed E-state index contributed by atoms with van der Waals surface area (Å²) >= 11 is 0. The van der Waals surface area contributed by atoms with Crippen LogP contribution in [-0.4, -0.2) is 0 Å². The van der Waals surface area contributed by atoms with E-state index in [1.165, 1.54) is 12.8 Å². The fraction of sp³-hybridized carbons (Fsp3) is 1.00. The molecule has 1 aliphatic carbocycles. The summed E-state index contributed by atoms with van der Waals surface area (Å²) in [7, 11) is 0. The second-order valence-electron chi connectivity index (χ2n) is 6.82. The predicted octanol–water partition coefficient (Wildman–Crippen LogP) is 4.74. The highest BCUT2D eigenvalue weighted by molar-refractivity contribution is 4.96.